The number of rotatable bonds is 1. The van der Waals surface area contributed by atoms with E-state index in [2.05, 4.69) is 0 Å². The van der Waals surface area contributed by atoms with E-state index in [0.717, 1.165) is 6.07 Å². The van der Waals surface area contributed by atoms with Crippen molar-refractivity contribution in [1.82, 2.24) is 0 Å². The van der Waals surface area contributed by atoms with Gasteiger partial charge in [0.15, 0.2) is 0 Å². The quantitative estimate of drug-likeness (QED) is 0.662. The molecule has 16 heavy (non-hydrogen) atoms. The summed E-state index contributed by atoms with van der Waals surface area (Å²) in [6.07, 6.45) is -4.03. The highest BCUT2D eigenvalue weighted by atomic mass is 35.5. The fourth-order valence-corrected chi connectivity index (χ4v) is 1.78. The van der Waals surface area contributed by atoms with Gasteiger partial charge in [-0.25, -0.2) is 0 Å². The van der Waals surface area contributed by atoms with Crippen molar-refractivity contribution in [3.63, 3.8) is 0 Å². The Morgan fingerprint density at radius 2 is 1.69 bits per heavy atom. The van der Waals surface area contributed by atoms with Crippen LogP contribution in [-0.2, 0) is 12.6 Å². The molecule has 0 heterocycles. The van der Waals surface area contributed by atoms with E-state index in [9.17, 15) is 13.2 Å². The summed E-state index contributed by atoms with van der Waals surface area (Å²) in [4.78, 5) is 0. The first-order chi connectivity index (χ1) is 7.11. The molecule has 0 aliphatic heterocycles. The first-order valence-electron chi connectivity index (χ1n) is 4.96. The summed E-state index contributed by atoms with van der Waals surface area (Å²) in [5.41, 5.74) is -0.676. The van der Waals surface area contributed by atoms with Gasteiger partial charge < -0.3 is 0 Å². The minimum atomic E-state index is -4.34. The molecule has 0 bridgehead atoms. The number of alkyl halides is 3. The zero-order valence-corrected chi connectivity index (χ0v) is 10.2. The first kappa shape index (κ1) is 13.4. The van der Waals surface area contributed by atoms with Crippen molar-refractivity contribution in [1.29, 1.82) is 0 Å². The van der Waals surface area contributed by atoms with Gasteiger partial charge in [0.25, 0.3) is 0 Å². The molecular weight excluding hydrogens is 237 g/mol. The molecule has 0 spiro atoms. The van der Waals surface area contributed by atoms with Crippen molar-refractivity contribution in [2.45, 2.75) is 33.4 Å². The smallest absolute Gasteiger partial charge is 0.166 e. The number of hydrogen-bond acceptors (Lipinski definition) is 0. The van der Waals surface area contributed by atoms with E-state index >= 15 is 0 Å². The molecule has 0 saturated carbocycles. The Morgan fingerprint density at radius 1 is 1.12 bits per heavy atom. The highest BCUT2D eigenvalue weighted by Gasteiger charge is 2.34. The molecule has 0 saturated heterocycles. The van der Waals surface area contributed by atoms with E-state index in [1.165, 1.54) is 12.1 Å². The van der Waals surface area contributed by atoms with Gasteiger partial charge in [0, 0.05) is 5.02 Å². The van der Waals surface area contributed by atoms with Crippen LogP contribution in [0, 0.1) is 5.41 Å². The molecule has 1 rings (SSSR count). The maximum Gasteiger partial charge on any atom is 0.416 e. The van der Waals surface area contributed by atoms with Crippen molar-refractivity contribution in [2.24, 2.45) is 5.41 Å². The minimum Gasteiger partial charge on any atom is -0.166 e. The first-order valence-corrected chi connectivity index (χ1v) is 5.34. The highest BCUT2D eigenvalue weighted by Crippen LogP contribution is 2.37. The molecular formula is C12H14ClF3. The SMILES string of the molecule is CC(C)(C)Cc1c(Cl)cccc1C(F)(F)F. The van der Waals surface area contributed by atoms with Gasteiger partial charge in [-0.05, 0) is 29.5 Å². The van der Waals surface area contributed by atoms with Crippen LogP contribution in [0.3, 0.4) is 0 Å². The molecule has 0 radical (unpaired) electrons. The standard InChI is InChI=1S/C12H14ClF3/c1-11(2,3)7-8-9(12(14,15)16)5-4-6-10(8)13/h4-6H,7H2,1-3H3. The Labute approximate surface area is 98.4 Å². The van der Waals surface area contributed by atoms with Crippen LogP contribution in [0.2, 0.25) is 5.02 Å². The Balaban J connectivity index is 3.25. The van der Waals surface area contributed by atoms with Crippen LogP contribution in [0.15, 0.2) is 18.2 Å². The maximum atomic E-state index is 12.7. The monoisotopic (exact) mass is 250 g/mol. The van der Waals surface area contributed by atoms with Gasteiger partial charge in [-0.3, -0.25) is 0 Å². The summed E-state index contributed by atoms with van der Waals surface area (Å²) in [5, 5.41) is 0.185. The van der Waals surface area contributed by atoms with E-state index in [4.69, 9.17) is 11.6 Å². The van der Waals surface area contributed by atoms with E-state index in [-0.39, 0.29) is 16.0 Å². The lowest BCUT2D eigenvalue weighted by atomic mass is 9.86. The predicted octanol–water partition coefficient (Wildman–Crippen LogP) is 4.95. The lowest BCUT2D eigenvalue weighted by Gasteiger charge is -2.22. The second-order valence-electron chi connectivity index (χ2n) is 5.00. The minimum absolute atomic E-state index is 0.184. The molecule has 0 fully saturated rings. The van der Waals surface area contributed by atoms with Gasteiger partial charge in [-0.15, -0.1) is 0 Å². The second kappa shape index (κ2) is 4.28. The third-order valence-corrected chi connectivity index (χ3v) is 2.49. The van der Waals surface area contributed by atoms with Crippen LogP contribution in [0.5, 0.6) is 0 Å². The normalized spacial score (nSPS) is 12.9. The number of halogens is 4. The lowest BCUT2D eigenvalue weighted by molar-refractivity contribution is -0.138. The number of benzene rings is 1. The van der Waals surface area contributed by atoms with Crippen LogP contribution in [0.25, 0.3) is 0 Å². The Morgan fingerprint density at radius 3 is 2.12 bits per heavy atom. The molecule has 0 amide bonds. The van der Waals surface area contributed by atoms with Gasteiger partial charge in [0.2, 0.25) is 0 Å². The Kier molecular flexibility index (Phi) is 3.58. The van der Waals surface area contributed by atoms with E-state index in [1.807, 2.05) is 20.8 Å². The molecule has 0 nitrogen and oxygen atoms in total. The van der Waals surface area contributed by atoms with Gasteiger partial charge in [0.1, 0.15) is 0 Å². The molecule has 0 aliphatic rings. The topological polar surface area (TPSA) is 0 Å². The largest absolute Gasteiger partial charge is 0.416 e. The third-order valence-electron chi connectivity index (χ3n) is 2.13. The Hall–Kier alpha value is -0.700. The molecule has 0 N–H and O–H groups in total. The van der Waals surface area contributed by atoms with E-state index < -0.39 is 11.7 Å². The molecule has 0 aliphatic carbocycles. The van der Waals surface area contributed by atoms with Gasteiger partial charge in [-0.2, -0.15) is 13.2 Å². The summed E-state index contributed by atoms with van der Waals surface area (Å²) in [5.74, 6) is 0. The summed E-state index contributed by atoms with van der Waals surface area (Å²) < 4.78 is 38.2. The van der Waals surface area contributed by atoms with Crippen LogP contribution in [-0.4, -0.2) is 0 Å². The highest BCUT2D eigenvalue weighted by molar-refractivity contribution is 6.31. The molecule has 90 valence electrons. The second-order valence-corrected chi connectivity index (χ2v) is 5.41. The van der Waals surface area contributed by atoms with Gasteiger partial charge in [0.05, 0.1) is 5.56 Å². The van der Waals surface area contributed by atoms with Crippen molar-refractivity contribution < 1.29 is 13.2 Å². The molecule has 0 unspecified atom stereocenters. The van der Waals surface area contributed by atoms with Gasteiger partial charge >= 0.3 is 6.18 Å². The maximum absolute atomic E-state index is 12.7. The molecule has 0 atom stereocenters. The van der Waals surface area contributed by atoms with Crippen LogP contribution < -0.4 is 0 Å². The Bertz CT molecular complexity index is 375. The van der Waals surface area contributed by atoms with E-state index in [1.54, 1.807) is 0 Å². The lowest BCUT2D eigenvalue weighted by Crippen LogP contribution is -2.16. The number of hydrogen-bond donors (Lipinski definition) is 0. The van der Waals surface area contributed by atoms with Crippen molar-refractivity contribution in [2.75, 3.05) is 0 Å². The summed E-state index contributed by atoms with van der Waals surface area (Å²) in [6, 6.07) is 3.90. The average Bonchev–Trinajstić information content (AvgIpc) is 2.04. The van der Waals surface area contributed by atoms with Crippen LogP contribution >= 0.6 is 11.6 Å². The van der Waals surface area contributed by atoms with Gasteiger partial charge in [-0.1, -0.05) is 38.4 Å². The fourth-order valence-electron chi connectivity index (χ4n) is 1.53. The van der Waals surface area contributed by atoms with Crippen LogP contribution in [0.1, 0.15) is 31.9 Å². The summed E-state index contributed by atoms with van der Waals surface area (Å²) in [7, 11) is 0. The molecule has 4 heteroatoms. The van der Waals surface area contributed by atoms with E-state index in [0.29, 0.717) is 6.42 Å². The molecule has 1 aromatic carbocycles. The average molecular weight is 251 g/mol. The zero-order valence-electron chi connectivity index (χ0n) is 9.45. The molecule has 1 aromatic rings. The fraction of sp³-hybridized carbons (Fsp3) is 0.500. The summed E-state index contributed by atoms with van der Waals surface area (Å²) in [6.45, 7) is 5.66. The summed E-state index contributed by atoms with van der Waals surface area (Å²) >= 11 is 5.84. The van der Waals surface area contributed by atoms with Crippen LogP contribution in [0.4, 0.5) is 13.2 Å². The predicted molar refractivity (Wildman–Crippen MR) is 59.6 cm³/mol. The van der Waals surface area contributed by atoms with Crippen molar-refractivity contribution >= 4 is 11.6 Å². The van der Waals surface area contributed by atoms with Crippen molar-refractivity contribution in [3.8, 4) is 0 Å². The zero-order chi connectivity index (χ0) is 12.6. The molecule has 0 aromatic heterocycles. The van der Waals surface area contributed by atoms with Crippen molar-refractivity contribution in [3.05, 3.63) is 34.3 Å². The third kappa shape index (κ3) is 3.41.